The van der Waals surface area contributed by atoms with E-state index in [4.69, 9.17) is 5.26 Å². The van der Waals surface area contributed by atoms with Gasteiger partial charge < -0.3 is 0 Å². The third-order valence-electron chi connectivity index (χ3n) is 6.10. The largest absolute Gasteiger partial charge is 0.207 e. The number of unbranched alkanes of at least 4 members (excludes halogenated alkanes) is 1. The summed E-state index contributed by atoms with van der Waals surface area (Å²) in [6.07, 6.45) is 10.4. The third kappa shape index (κ3) is 5.42. The zero-order valence-corrected chi connectivity index (χ0v) is 16.4. The predicted octanol–water partition coefficient (Wildman–Crippen LogP) is 6.95. The van der Waals surface area contributed by atoms with Crippen LogP contribution in [0.15, 0.2) is 42.5 Å². The second-order valence-electron chi connectivity index (χ2n) is 8.02. The summed E-state index contributed by atoms with van der Waals surface area (Å²) in [4.78, 5) is 0. The highest BCUT2D eigenvalue weighted by Crippen LogP contribution is 2.38. The Morgan fingerprint density at radius 2 is 1.63 bits per heavy atom. The van der Waals surface area contributed by atoms with Crippen molar-refractivity contribution >= 4 is 0 Å². The highest BCUT2D eigenvalue weighted by Gasteiger charge is 2.24. The van der Waals surface area contributed by atoms with Gasteiger partial charge in [0.2, 0.25) is 0 Å². The Bertz CT molecular complexity index is 764. The summed E-state index contributed by atoms with van der Waals surface area (Å²) in [6.45, 7) is 2.25. The van der Waals surface area contributed by atoms with Crippen LogP contribution in [0.1, 0.15) is 80.0 Å². The van der Waals surface area contributed by atoms with Crippen molar-refractivity contribution < 1.29 is 4.39 Å². The van der Waals surface area contributed by atoms with Crippen molar-refractivity contribution in [2.75, 3.05) is 0 Å². The number of nitrogens with zero attached hydrogens (tertiary/aromatic N) is 1. The molecule has 3 rings (SSSR count). The lowest BCUT2D eigenvalue weighted by Crippen LogP contribution is -2.14. The maximum Gasteiger partial charge on any atom is 0.126 e. The molecule has 27 heavy (non-hydrogen) atoms. The number of hydrogen-bond acceptors (Lipinski definition) is 1. The van der Waals surface area contributed by atoms with E-state index in [0.29, 0.717) is 11.5 Å². The molecule has 1 aliphatic rings. The molecule has 1 aliphatic carbocycles. The van der Waals surface area contributed by atoms with Crippen LogP contribution in [-0.2, 0) is 12.8 Å². The number of nitriles is 1. The molecule has 0 radical (unpaired) electrons. The summed E-state index contributed by atoms with van der Waals surface area (Å²) in [6, 6.07) is 15.7. The van der Waals surface area contributed by atoms with Gasteiger partial charge in [0.25, 0.3) is 0 Å². The molecule has 0 amide bonds. The zero-order chi connectivity index (χ0) is 19.1. The Morgan fingerprint density at radius 3 is 2.26 bits per heavy atom. The fraction of sp³-hybridized carbons (Fsp3) is 0.480. The molecule has 2 heteroatoms. The highest BCUT2D eigenvalue weighted by molar-refractivity contribution is 5.33. The molecule has 0 aliphatic heterocycles. The molecule has 0 N–H and O–H groups in total. The van der Waals surface area contributed by atoms with E-state index in [-0.39, 0.29) is 5.82 Å². The molecule has 2 aromatic rings. The first kappa shape index (κ1) is 19.6. The van der Waals surface area contributed by atoms with Crippen LogP contribution >= 0.6 is 0 Å². The van der Waals surface area contributed by atoms with Crippen LogP contribution in [0.5, 0.6) is 0 Å². The fourth-order valence-electron chi connectivity index (χ4n) is 4.35. The summed E-state index contributed by atoms with van der Waals surface area (Å²) in [7, 11) is 0. The molecule has 0 aromatic heterocycles. The quantitative estimate of drug-likeness (QED) is 0.522. The smallest absolute Gasteiger partial charge is 0.126 e. The second-order valence-corrected chi connectivity index (χ2v) is 8.02. The fourth-order valence-corrected chi connectivity index (χ4v) is 4.35. The Hall–Kier alpha value is -2.14. The lowest BCUT2D eigenvalue weighted by Gasteiger charge is -2.29. The van der Waals surface area contributed by atoms with E-state index in [1.54, 1.807) is 6.07 Å². The Balaban J connectivity index is 1.55. The highest BCUT2D eigenvalue weighted by atomic mass is 19.1. The average molecular weight is 364 g/mol. The van der Waals surface area contributed by atoms with Gasteiger partial charge in [-0.2, -0.15) is 5.26 Å². The van der Waals surface area contributed by atoms with E-state index < -0.39 is 0 Å². The van der Waals surface area contributed by atoms with Crippen LogP contribution in [0.4, 0.5) is 4.39 Å². The molecule has 1 saturated carbocycles. The van der Waals surface area contributed by atoms with Gasteiger partial charge in [-0.15, -0.1) is 0 Å². The topological polar surface area (TPSA) is 23.8 Å². The van der Waals surface area contributed by atoms with Crippen LogP contribution < -0.4 is 0 Å². The maximum absolute atomic E-state index is 14.7. The van der Waals surface area contributed by atoms with E-state index >= 15 is 0 Å². The van der Waals surface area contributed by atoms with Crippen LogP contribution in [0.3, 0.4) is 0 Å². The molecular formula is C25H30FN. The maximum atomic E-state index is 14.7. The van der Waals surface area contributed by atoms with Crippen molar-refractivity contribution in [1.29, 1.82) is 5.26 Å². The lowest BCUT2D eigenvalue weighted by atomic mass is 9.77. The van der Waals surface area contributed by atoms with Crippen molar-refractivity contribution in [3.8, 4) is 6.07 Å². The standard InChI is InChI=1S/C25H30FN/c1-2-3-4-19-11-14-23(15-12-19)24-16-13-21(17-25(24)26)8-5-20-6-9-22(18-27)10-7-20/h6-7,9-10,13,16-17,19,23H,2-5,8,11-12,14-15H2,1H3. The number of halogens is 1. The molecule has 0 saturated heterocycles. The SMILES string of the molecule is CCCCC1CCC(c2ccc(CCc3ccc(C#N)cc3)cc2F)CC1. The third-order valence-corrected chi connectivity index (χ3v) is 6.10. The minimum absolute atomic E-state index is 0.0238. The first-order chi connectivity index (χ1) is 13.2. The first-order valence-corrected chi connectivity index (χ1v) is 10.5. The van der Waals surface area contributed by atoms with Gasteiger partial charge in [-0.25, -0.2) is 4.39 Å². The van der Waals surface area contributed by atoms with E-state index in [1.165, 1.54) is 37.7 Å². The van der Waals surface area contributed by atoms with Gasteiger partial charge in [-0.05, 0) is 85.3 Å². The summed E-state index contributed by atoms with van der Waals surface area (Å²) >= 11 is 0. The van der Waals surface area contributed by atoms with Gasteiger partial charge in [0.05, 0.1) is 11.6 Å². The molecule has 0 spiro atoms. The summed E-state index contributed by atoms with van der Waals surface area (Å²) in [5.41, 5.74) is 3.84. The van der Waals surface area contributed by atoms with E-state index in [0.717, 1.165) is 42.7 Å². The normalized spacial score (nSPS) is 19.6. The predicted molar refractivity (Wildman–Crippen MR) is 109 cm³/mol. The minimum atomic E-state index is -0.0238. The molecule has 2 aromatic carbocycles. The van der Waals surface area contributed by atoms with Gasteiger partial charge in [0.15, 0.2) is 0 Å². The van der Waals surface area contributed by atoms with Crippen LogP contribution in [-0.4, -0.2) is 0 Å². The van der Waals surface area contributed by atoms with Crippen molar-refractivity contribution in [2.45, 2.75) is 70.6 Å². The number of rotatable bonds is 7. The molecule has 0 atom stereocenters. The Kier molecular flexibility index (Phi) is 7.04. The number of benzene rings is 2. The minimum Gasteiger partial charge on any atom is -0.207 e. The van der Waals surface area contributed by atoms with Gasteiger partial charge in [-0.3, -0.25) is 0 Å². The van der Waals surface area contributed by atoms with Crippen molar-refractivity contribution in [1.82, 2.24) is 0 Å². The molecule has 0 unspecified atom stereocenters. The first-order valence-electron chi connectivity index (χ1n) is 10.5. The molecule has 1 nitrogen and oxygen atoms in total. The monoisotopic (exact) mass is 363 g/mol. The number of aryl methyl sites for hydroxylation is 2. The summed E-state index contributed by atoms with van der Waals surface area (Å²) in [5.74, 6) is 1.23. The van der Waals surface area contributed by atoms with Crippen LogP contribution in [0.2, 0.25) is 0 Å². The molecule has 1 fully saturated rings. The molecule has 0 bridgehead atoms. The lowest BCUT2D eigenvalue weighted by molar-refractivity contribution is 0.300. The van der Waals surface area contributed by atoms with Crippen LogP contribution in [0.25, 0.3) is 0 Å². The van der Waals surface area contributed by atoms with Crippen molar-refractivity contribution in [3.05, 3.63) is 70.5 Å². The van der Waals surface area contributed by atoms with Gasteiger partial charge in [-0.1, -0.05) is 50.5 Å². The Labute approximate surface area is 163 Å². The summed E-state index contributed by atoms with van der Waals surface area (Å²) in [5, 5.41) is 8.86. The summed E-state index contributed by atoms with van der Waals surface area (Å²) < 4.78 is 14.7. The van der Waals surface area contributed by atoms with Gasteiger partial charge >= 0.3 is 0 Å². The van der Waals surface area contributed by atoms with E-state index in [9.17, 15) is 4.39 Å². The number of hydrogen-bond donors (Lipinski definition) is 0. The molecule has 142 valence electrons. The Morgan fingerprint density at radius 1 is 0.963 bits per heavy atom. The average Bonchev–Trinajstić information content (AvgIpc) is 2.71. The second kappa shape index (κ2) is 9.70. The van der Waals surface area contributed by atoms with Crippen molar-refractivity contribution in [3.63, 3.8) is 0 Å². The van der Waals surface area contributed by atoms with Gasteiger partial charge in [0, 0.05) is 0 Å². The van der Waals surface area contributed by atoms with Crippen molar-refractivity contribution in [2.24, 2.45) is 5.92 Å². The molecule has 0 heterocycles. The van der Waals surface area contributed by atoms with E-state index in [1.807, 2.05) is 30.3 Å². The molecular weight excluding hydrogens is 333 g/mol. The van der Waals surface area contributed by atoms with E-state index in [2.05, 4.69) is 19.1 Å². The van der Waals surface area contributed by atoms with Crippen LogP contribution in [0, 0.1) is 23.1 Å². The zero-order valence-electron chi connectivity index (χ0n) is 16.4. The van der Waals surface area contributed by atoms with Gasteiger partial charge in [0.1, 0.15) is 5.82 Å².